The molecule has 3 rings (SSSR count). The Morgan fingerprint density at radius 2 is 1.90 bits per heavy atom. The Balaban J connectivity index is 1.70. The molecule has 1 saturated heterocycles. The Hall–Kier alpha value is -1.86. The second kappa shape index (κ2) is 5.26. The van der Waals surface area contributed by atoms with Crippen LogP contribution in [0, 0.1) is 0 Å². The van der Waals surface area contributed by atoms with Crippen molar-refractivity contribution in [1.82, 2.24) is 9.29 Å². The van der Waals surface area contributed by atoms with Gasteiger partial charge < -0.3 is 9.32 Å². The van der Waals surface area contributed by atoms with Crippen LogP contribution in [-0.2, 0) is 10.0 Å². The third-order valence-corrected chi connectivity index (χ3v) is 5.22. The van der Waals surface area contributed by atoms with Crippen molar-refractivity contribution < 1.29 is 12.8 Å². The fourth-order valence-electron chi connectivity index (χ4n) is 2.25. The molecule has 0 unspecified atom stereocenters. The maximum Gasteiger partial charge on any atom is 0.246 e. The maximum atomic E-state index is 12.3. The van der Waals surface area contributed by atoms with Crippen molar-refractivity contribution in [3.8, 4) is 0 Å². The van der Waals surface area contributed by atoms with Gasteiger partial charge in [0.25, 0.3) is 0 Å². The molecule has 7 heteroatoms. The zero-order chi connectivity index (χ0) is 14.0. The van der Waals surface area contributed by atoms with Crippen molar-refractivity contribution in [2.24, 2.45) is 0 Å². The van der Waals surface area contributed by atoms with Crippen LogP contribution in [0.5, 0.6) is 0 Å². The molecule has 0 aliphatic carbocycles. The predicted molar refractivity (Wildman–Crippen MR) is 73.9 cm³/mol. The number of aromatic nitrogens is 1. The van der Waals surface area contributed by atoms with Gasteiger partial charge in [-0.25, -0.2) is 13.4 Å². The summed E-state index contributed by atoms with van der Waals surface area (Å²) in [5, 5.41) is 0. The van der Waals surface area contributed by atoms with Gasteiger partial charge >= 0.3 is 0 Å². The van der Waals surface area contributed by atoms with Crippen molar-refractivity contribution in [2.45, 2.75) is 4.90 Å². The van der Waals surface area contributed by atoms with E-state index >= 15 is 0 Å². The van der Waals surface area contributed by atoms with Crippen LogP contribution in [0.2, 0.25) is 0 Å². The molecule has 0 atom stereocenters. The van der Waals surface area contributed by atoms with Gasteiger partial charge in [0.05, 0.1) is 6.26 Å². The Kier molecular flexibility index (Phi) is 3.45. The number of anilines is 1. The van der Waals surface area contributed by atoms with E-state index < -0.39 is 10.0 Å². The molecular weight excluding hydrogens is 278 g/mol. The highest BCUT2D eigenvalue weighted by molar-refractivity contribution is 7.89. The summed E-state index contributed by atoms with van der Waals surface area (Å²) in [7, 11) is -3.43. The van der Waals surface area contributed by atoms with Gasteiger partial charge in [0, 0.05) is 32.4 Å². The average molecular weight is 293 g/mol. The van der Waals surface area contributed by atoms with Crippen LogP contribution >= 0.6 is 0 Å². The topological polar surface area (TPSA) is 66.7 Å². The SMILES string of the molecule is O=S(=O)(c1ccoc1)N1CCN(c2ccccn2)CC1. The lowest BCUT2D eigenvalue weighted by Crippen LogP contribution is -2.48. The summed E-state index contributed by atoms with van der Waals surface area (Å²) < 4.78 is 31.0. The number of pyridine rings is 1. The minimum absolute atomic E-state index is 0.212. The van der Waals surface area contributed by atoms with Crippen LogP contribution in [0.15, 0.2) is 52.3 Å². The van der Waals surface area contributed by atoms with Crippen molar-refractivity contribution in [2.75, 3.05) is 31.1 Å². The van der Waals surface area contributed by atoms with Crippen LogP contribution in [-0.4, -0.2) is 43.9 Å². The second-order valence-corrected chi connectivity index (χ2v) is 6.48. The second-order valence-electron chi connectivity index (χ2n) is 4.54. The molecule has 0 amide bonds. The quantitative estimate of drug-likeness (QED) is 0.850. The summed E-state index contributed by atoms with van der Waals surface area (Å²) in [4.78, 5) is 6.58. The Morgan fingerprint density at radius 1 is 1.10 bits per heavy atom. The smallest absolute Gasteiger partial charge is 0.246 e. The lowest BCUT2D eigenvalue weighted by atomic mass is 10.3. The minimum atomic E-state index is -3.43. The number of furan rings is 1. The Bertz CT molecular complexity index is 647. The summed E-state index contributed by atoms with van der Waals surface area (Å²) in [5.74, 6) is 0.882. The molecule has 106 valence electrons. The van der Waals surface area contributed by atoms with Crippen molar-refractivity contribution >= 4 is 15.8 Å². The molecule has 3 heterocycles. The Morgan fingerprint density at radius 3 is 2.50 bits per heavy atom. The van der Waals surface area contributed by atoms with Crippen LogP contribution in [0.25, 0.3) is 0 Å². The van der Waals surface area contributed by atoms with Crippen LogP contribution < -0.4 is 4.90 Å². The van der Waals surface area contributed by atoms with E-state index in [1.165, 1.54) is 22.9 Å². The fourth-order valence-corrected chi connectivity index (χ4v) is 3.59. The average Bonchev–Trinajstić information content (AvgIpc) is 3.03. The number of hydrogen-bond acceptors (Lipinski definition) is 5. The highest BCUT2D eigenvalue weighted by atomic mass is 32.2. The van der Waals surface area contributed by atoms with E-state index in [1.54, 1.807) is 6.20 Å². The molecule has 0 spiro atoms. The zero-order valence-corrected chi connectivity index (χ0v) is 11.7. The van der Waals surface area contributed by atoms with Crippen LogP contribution in [0.4, 0.5) is 5.82 Å². The van der Waals surface area contributed by atoms with Crippen LogP contribution in [0.3, 0.4) is 0 Å². The van der Waals surface area contributed by atoms with Gasteiger partial charge in [-0.1, -0.05) is 6.07 Å². The Labute approximate surface area is 117 Å². The first-order chi connectivity index (χ1) is 9.68. The van der Waals surface area contributed by atoms with Crippen molar-refractivity contribution in [3.05, 3.63) is 43.0 Å². The molecule has 0 N–H and O–H groups in total. The fraction of sp³-hybridized carbons (Fsp3) is 0.308. The summed E-state index contributed by atoms with van der Waals surface area (Å²) in [5.41, 5.74) is 0. The number of rotatable bonds is 3. The maximum absolute atomic E-state index is 12.3. The molecule has 2 aromatic rings. The standard InChI is InChI=1S/C13H15N3O3S/c17-20(18,12-4-10-19-11-12)16-8-6-15(7-9-16)13-3-1-2-5-14-13/h1-5,10-11H,6-9H2. The summed E-state index contributed by atoms with van der Waals surface area (Å²) in [6.45, 7) is 2.16. The highest BCUT2D eigenvalue weighted by Crippen LogP contribution is 2.19. The highest BCUT2D eigenvalue weighted by Gasteiger charge is 2.29. The molecule has 0 aromatic carbocycles. The lowest BCUT2D eigenvalue weighted by molar-refractivity contribution is 0.383. The summed E-state index contributed by atoms with van der Waals surface area (Å²) >= 11 is 0. The van der Waals surface area contributed by atoms with Crippen LogP contribution in [0.1, 0.15) is 0 Å². The van der Waals surface area contributed by atoms with Gasteiger partial charge in [-0.2, -0.15) is 4.31 Å². The van der Waals surface area contributed by atoms with Gasteiger partial charge in [0.2, 0.25) is 10.0 Å². The summed E-state index contributed by atoms with van der Waals surface area (Å²) in [6.07, 6.45) is 4.38. The molecule has 0 radical (unpaired) electrons. The third kappa shape index (κ3) is 2.41. The van der Waals surface area contributed by atoms with Gasteiger partial charge in [-0.3, -0.25) is 0 Å². The van der Waals surface area contributed by atoms with E-state index in [9.17, 15) is 8.42 Å². The van der Waals surface area contributed by atoms with Crippen molar-refractivity contribution in [3.63, 3.8) is 0 Å². The number of hydrogen-bond donors (Lipinski definition) is 0. The van der Waals surface area contributed by atoms with Gasteiger partial charge in [-0.15, -0.1) is 0 Å². The van der Waals surface area contributed by atoms with Gasteiger partial charge in [-0.05, 0) is 18.2 Å². The first kappa shape index (κ1) is 13.1. The van der Waals surface area contributed by atoms with E-state index in [2.05, 4.69) is 9.88 Å². The third-order valence-electron chi connectivity index (χ3n) is 3.34. The minimum Gasteiger partial charge on any atom is -0.471 e. The zero-order valence-electron chi connectivity index (χ0n) is 10.8. The lowest BCUT2D eigenvalue weighted by Gasteiger charge is -2.34. The van der Waals surface area contributed by atoms with Crippen molar-refractivity contribution in [1.29, 1.82) is 0 Å². The molecule has 1 fully saturated rings. The number of piperazine rings is 1. The largest absolute Gasteiger partial charge is 0.471 e. The molecular formula is C13H15N3O3S. The van der Waals surface area contributed by atoms with E-state index in [0.717, 1.165) is 5.82 Å². The molecule has 20 heavy (non-hydrogen) atoms. The van der Waals surface area contributed by atoms with Gasteiger partial charge in [0.1, 0.15) is 17.0 Å². The predicted octanol–water partition coefficient (Wildman–Crippen LogP) is 1.19. The molecule has 1 aliphatic rings. The van der Waals surface area contributed by atoms with Gasteiger partial charge in [0.15, 0.2) is 0 Å². The molecule has 0 saturated carbocycles. The van der Waals surface area contributed by atoms with E-state index in [4.69, 9.17) is 4.42 Å². The number of sulfonamides is 1. The monoisotopic (exact) mass is 293 g/mol. The molecule has 6 nitrogen and oxygen atoms in total. The first-order valence-electron chi connectivity index (χ1n) is 6.36. The number of nitrogens with zero attached hydrogens (tertiary/aromatic N) is 3. The first-order valence-corrected chi connectivity index (χ1v) is 7.80. The van der Waals surface area contributed by atoms with E-state index in [-0.39, 0.29) is 4.90 Å². The molecule has 2 aromatic heterocycles. The molecule has 1 aliphatic heterocycles. The normalized spacial score (nSPS) is 17.3. The van der Waals surface area contributed by atoms with E-state index in [1.807, 2.05) is 18.2 Å². The molecule has 0 bridgehead atoms. The van der Waals surface area contributed by atoms with E-state index in [0.29, 0.717) is 26.2 Å². The summed E-state index contributed by atoms with van der Waals surface area (Å²) in [6, 6.07) is 7.20.